The number of hydrogen-bond donors (Lipinski definition) is 1. The first-order chi connectivity index (χ1) is 10.8. The Balaban J connectivity index is 1.56. The molecule has 0 amide bonds. The molecular formula is C18H20N4. The van der Waals surface area contributed by atoms with Crippen LogP contribution >= 0.6 is 0 Å². The number of aromatic nitrogens is 2. The van der Waals surface area contributed by atoms with Crippen molar-refractivity contribution in [3.63, 3.8) is 0 Å². The molecule has 4 rings (SSSR count). The fourth-order valence-electron chi connectivity index (χ4n) is 3.68. The van der Waals surface area contributed by atoms with E-state index in [0.29, 0.717) is 18.0 Å². The predicted octanol–water partition coefficient (Wildman–Crippen LogP) is 2.88. The highest BCUT2D eigenvalue weighted by Gasteiger charge is 2.36. The third-order valence-electron chi connectivity index (χ3n) is 4.79. The van der Waals surface area contributed by atoms with Gasteiger partial charge in [-0.2, -0.15) is 0 Å². The molecular weight excluding hydrogens is 272 g/mol. The van der Waals surface area contributed by atoms with Crippen LogP contribution in [0.3, 0.4) is 0 Å². The van der Waals surface area contributed by atoms with Crippen LogP contribution < -0.4 is 5.73 Å². The van der Waals surface area contributed by atoms with Crippen molar-refractivity contribution in [1.29, 1.82) is 0 Å². The van der Waals surface area contributed by atoms with Crippen molar-refractivity contribution in [3.8, 4) is 0 Å². The van der Waals surface area contributed by atoms with Crippen LogP contribution in [0.5, 0.6) is 0 Å². The van der Waals surface area contributed by atoms with E-state index in [1.807, 2.05) is 12.4 Å². The van der Waals surface area contributed by atoms with Gasteiger partial charge in [-0.05, 0) is 30.4 Å². The molecule has 2 aliphatic heterocycles. The number of hydrogen-bond acceptors (Lipinski definition) is 4. The summed E-state index contributed by atoms with van der Waals surface area (Å²) in [5.41, 5.74) is 9.46. The second-order valence-corrected chi connectivity index (χ2v) is 6.18. The fourth-order valence-corrected chi connectivity index (χ4v) is 3.68. The zero-order chi connectivity index (χ0) is 14.9. The molecule has 0 spiro atoms. The molecule has 3 heterocycles. The first-order valence-corrected chi connectivity index (χ1v) is 7.88. The lowest BCUT2D eigenvalue weighted by molar-refractivity contribution is 0.203. The third-order valence-corrected chi connectivity index (χ3v) is 4.79. The SMILES string of the molecule is Nc1ncc(C2=CC3CCC(C2)N3Cc2ccccc2)cn1. The molecule has 1 aromatic heterocycles. The number of anilines is 1. The number of rotatable bonds is 3. The van der Waals surface area contributed by atoms with E-state index in [4.69, 9.17) is 5.73 Å². The van der Waals surface area contributed by atoms with Gasteiger partial charge < -0.3 is 5.73 Å². The molecule has 1 aromatic carbocycles. The number of benzene rings is 1. The molecule has 0 aliphatic carbocycles. The molecule has 2 N–H and O–H groups in total. The fraction of sp³-hybridized carbons (Fsp3) is 0.333. The van der Waals surface area contributed by atoms with E-state index in [-0.39, 0.29) is 0 Å². The van der Waals surface area contributed by atoms with Gasteiger partial charge in [0.2, 0.25) is 5.95 Å². The smallest absolute Gasteiger partial charge is 0.219 e. The number of fused-ring (bicyclic) bond motifs is 2. The Morgan fingerprint density at radius 2 is 1.86 bits per heavy atom. The molecule has 2 aliphatic rings. The Labute approximate surface area is 130 Å². The summed E-state index contributed by atoms with van der Waals surface area (Å²) in [6, 6.07) is 11.9. The average Bonchev–Trinajstić information content (AvgIpc) is 2.79. The van der Waals surface area contributed by atoms with Crippen molar-refractivity contribution in [2.24, 2.45) is 0 Å². The Morgan fingerprint density at radius 1 is 1.09 bits per heavy atom. The zero-order valence-electron chi connectivity index (χ0n) is 12.5. The van der Waals surface area contributed by atoms with E-state index >= 15 is 0 Å². The molecule has 112 valence electrons. The quantitative estimate of drug-likeness (QED) is 0.945. The Kier molecular flexibility index (Phi) is 3.39. The summed E-state index contributed by atoms with van der Waals surface area (Å²) in [6.07, 6.45) is 9.70. The maximum atomic E-state index is 5.58. The monoisotopic (exact) mass is 292 g/mol. The van der Waals surface area contributed by atoms with E-state index in [0.717, 1.165) is 18.5 Å². The summed E-state index contributed by atoms with van der Waals surface area (Å²) in [6.45, 7) is 1.04. The van der Waals surface area contributed by atoms with Crippen molar-refractivity contribution in [3.05, 3.63) is 59.9 Å². The van der Waals surface area contributed by atoms with Gasteiger partial charge >= 0.3 is 0 Å². The summed E-state index contributed by atoms with van der Waals surface area (Å²) >= 11 is 0. The minimum Gasteiger partial charge on any atom is -0.368 e. The van der Waals surface area contributed by atoms with Crippen LogP contribution in [0.4, 0.5) is 5.95 Å². The Hall–Kier alpha value is -2.20. The van der Waals surface area contributed by atoms with Gasteiger partial charge in [0, 0.05) is 36.6 Å². The molecule has 2 bridgehead atoms. The highest BCUT2D eigenvalue weighted by atomic mass is 15.2. The third kappa shape index (κ3) is 2.50. The molecule has 22 heavy (non-hydrogen) atoms. The molecule has 1 fully saturated rings. The number of nitrogens with zero attached hydrogens (tertiary/aromatic N) is 3. The van der Waals surface area contributed by atoms with Crippen molar-refractivity contribution < 1.29 is 0 Å². The Morgan fingerprint density at radius 3 is 2.59 bits per heavy atom. The van der Waals surface area contributed by atoms with Crippen LogP contribution in [-0.2, 0) is 6.54 Å². The normalized spacial score (nSPS) is 24.3. The van der Waals surface area contributed by atoms with Crippen LogP contribution in [0.1, 0.15) is 30.4 Å². The predicted molar refractivity (Wildman–Crippen MR) is 87.8 cm³/mol. The summed E-state index contributed by atoms with van der Waals surface area (Å²) < 4.78 is 0. The van der Waals surface area contributed by atoms with E-state index in [2.05, 4.69) is 51.3 Å². The van der Waals surface area contributed by atoms with Crippen LogP contribution in [0.15, 0.2) is 48.8 Å². The molecule has 2 atom stereocenters. The minimum atomic E-state index is 0.342. The van der Waals surface area contributed by atoms with Gasteiger partial charge in [0.1, 0.15) is 0 Å². The van der Waals surface area contributed by atoms with Gasteiger partial charge in [-0.3, -0.25) is 4.90 Å². The van der Waals surface area contributed by atoms with E-state index in [9.17, 15) is 0 Å². The topological polar surface area (TPSA) is 55.0 Å². The van der Waals surface area contributed by atoms with Gasteiger partial charge in [0.05, 0.1) is 0 Å². The van der Waals surface area contributed by atoms with Crippen LogP contribution in [0, 0.1) is 0 Å². The summed E-state index contributed by atoms with van der Waals surface area (Å²) in [5.74, 6) is 0.342. The van der Waals surface area contributed by atoms with E-state index in [1.54, 1.807) is 0 Å². The van der Waals surface area contributed by atoms with E-state index in [1.165, 1.54) is 24.0 Å². The highest BCUT2D eigenvalue weighted by Crippen LogP contribution is 2.39. The van der Waals surface area contributed by atoms with Crippen LogP contribution in [0.25, 0.3) is 5.57 Å². The molecule has 0 saturated carbocycles. The van der Waals surface area contributed by atoms with E-state index < -0.39 is 0 Å². The van der Waals surface area contributed by atoms with Crippen molar-refractivity contribution in [1.82, 2.24) is 14.9 Å². The summed E-state index contributed by atoms with van der Waals surface area (Å²) in [7, 11) is 0. The molecule has 2 unspecified atom stereocenters. The van der Waals surface area contributed by atoms with Gasteiger partial charge in [-0.25, -0.2) is 9.97 Å². The van der Waals surface area contributed by atoms with Gasteiger partial charge in [0.15, 0.2) is 0 Å². The largest absolute Gasteiger partial charge is 0.368 e. The van der Waals surface area contributed by atoms with Crippen molar-refractivity contribution >= 4 is 11.5 Å². The van der Waals surface area contributed by atoms with Crippen molar-refractivity contribution in [2.45, 2.75) is 37.9 Å². The second-order valence-electron chi connectivity index (χ2n) is 6.18. The van der Waals surface area contributed by atoms with Gasteiger partial charge in [0.25, 0.3) is 0 Å². The second kappa shape index (κ2) is 5.54. The van der Waals surface area contributed by atoms with Crippen molar-refractivity contribution in [2.75, 3.05) is 5.73 Å². The highest BCUT2D eigenvalue weighted by molar-refractivity contribution is 5.67. The van der Waals surface area contributed by atoms with Crippen LogP contribution in [-0.4, -0.2) is 27.0 Å². The number of nitrogen functional groups attached to an aromatic ring is 1. The average molecular weight is 292 g/mol. The standard InChI is InChI=1S/C18H20N4/c19-18-20-10-15(11-21-18)14-8-16-6-7-17(9-14)22(16)12-13-4-2-1-3-5-13/h1-5,8,10-11,16-17H,6-7,9,12H2,(H2,19,20,21). The maximum absolute atomic E-state index is 5.58. The number of nitrogens with two attached hydrogens (primary N) is 1. The van der Waals surface area contributed by atoms with Gasteiger partial charge in [-0.1, -0.05) is 36.4 Å². The first-order valence-electron chi connectivity index (χ1n) is 7.88. The lowest BCUT2D eigenvalue weighted by atomic mass is 9.96. The zero-order valence-corrected chi connectivity index (χ0v) is 12.5. The molecule has 4 heteroatoms. The van der Waals surface area contributed by atoms with Crippen LogP contribution in [0.2, 0.25) is 0 Å². The molecule has 2 aromatic rings. The molecule has 1 saturated heterocycles. The Bertz CT molecular complexity index is 678. The lowest BCUT2D eigenvalue weighted by Crippen LogP contribution is -2.37. The minimum absolute atomic E-state index is 0.342. The molecule has 4 nitrogen and oxygen atoms in total. The summed E-state index contributed by atoms with van der Waals surface area (Å²) in [4.78, 5) is 10.9. The van der Waals surface area contributed by atoms with Gasteiger partial charge in [-0.15, -0.1) is 0 Å². The lowest BCUT2D eigenvalue weighted by Gasteiger charge is -2.34. The molecule has 0 radical (unpaired) electrons. The maximum Gasteiger partial charge on any atom is 0.219 e. The summed E-state index contributed by atoms with van der Waals surface area (Å²) in [5, 5.41) is 0. The first kappa shape index (κ1) is 13.5.